The van der Waals surface area contributed by atoms with Crippen LogP contribution in [0.15, 0.2) is 21.7 Å². The van der Waals surface area contributed by atoms with Gasteiger partial charge in [0.2, 0.25) is 0 Å². The van der Waals surface area contributed by atoms with Crippen LogP contribution in [0.3, 0.4) is 0 Å². The second kappa shape index (κ2) is 6.06. The molecule has 0 amide bonds. The fraction of sp³-hybridized carbons (Fsp3) is 0.444. The number of hydrogen-bond acceptors (Lipinski definition) is 5. The molecule has 1 rings (SSSR count). The highest BCUT2D eigenvalue weighted by atomic mass is 32.2. The van der Waals surface area contributed by atoms with Crippen LogP contribution in [0.5, 0.6) is 0 Å². The van der Waals surface area contributed by atoms with Crippen LogP contribution in [0.2, 0.25) is 0 Å². The number of methoxy groups -OCH3 is 1. The Morgan fingerprint density at radius 1 is 1.79 bits per heavy atom. The zero-order valence-corrected chi connectivity index (χ0v) is 9.57. The highest BCUT2D eigenvalue weighted by Crippen LogP contribution is 2.24. The minimum atomic E-state index is -0.493. The largest absolute Gasteiger partial charge is 0.468 e. The maximum Gasteiger partial charge on any atom is 0.322 e. The highest BCUT2D eigenvalue weighted by molar-refractivity contribution is 8.01. The van der Waals surface area contributed by atoms with Gasteiger partial charge in [0.25, 0.3) is 0 Å². The van der Waals surface area contributed by atoms with E-state index in [0.717, 1.165) is 5.75 Å². The molecule has 0 aliphatic carbocycles. The highest BCUT2D eigenvalue weighted by Gasteiger charge is 2.12. The molecule has 1 unspecified atom stereocenters. The first-order chi connectivity index (χ1) is 6.74. The molecule has 1 aromatic rings. The molecule has 1 atom stereocenters. The van der Waals surface area contributed by atoms with Crippen molar-refractivity contribution >= 4 is 29.1 Å². The third kappa shape index (κ3) is 3.69. The first-order valence-corrected chi connectivity index (χ1v) is 6.10. The minimum absolute atomic E-state index is 0.336. The molecule has 2 N–H and O–H groups in total. The molecule has 1 heterocycles. The van der Waals surface area contributed by atoms with E-state index in [0.29, 0.717) is 6.42 Å². The van der Waals surface area contributed by atoms with Crippen molar-refractivity contribution in [2.45, 2.75) is 16.7 Å². The summed E-state index contributed by atoms with van der Waals surface area (Å²) < 4.78 is 5.78. The lowest BCUT2D eigenvalue weighted by atomic mass is 10.2. The van der Waals surface area contributed by atoms with Gasteiger partial charge in [0.05, 0.1) is 11.3 Å². The van der Waals surface area contributed by atoms with Crippen molar-refractivity contribution in [1.82, 2.24) is 0 Å². The molecule has 0 fully saturated rings. The zero-order chi connectivity index (χ0) is 10.4. The molecule has 1 aromatic heterocycles. The molecule has 0 bridgehead atoms. The number of hydrogen-bond donors (Lipinski definition) is 1. The molecule has 0 spiro atoms. The second-order valence-electron chi connectivity index (χ2n) is 2.70. The normalized spacial score (nSPS) is 12.4. The molecule has 0 aliphatic rings. The Morgan fingerprint density at radius 3 is 3.14 bits per heavy atom. The van der Waals surface area contributed by atoms with Crippen molar-refractivity contribution in [3.63, 3.8) is 0 Å². The van der Waals surface area contributed by atoms with Crippen LogP contribution in [-0.4, -0.2) is 24.9 Å². The van der Waals surface area contributed by atoms with Crippen molar-refractivity contribution in [2.24, 2.45) is 5.73 Å². The van der Waals surface area contributed by atoms with Crippen molar-refractivity contribution in [2.75, 3.05) is 12.9 Å². The summed E-state index contributed by atoms with van der Waals surface area (Å²) in [5, 5.41) is 2.03. The molecule has 5 heteroatoms. The summed E-state index contributed by atoms with van der Waals surface area (Å²) in [6.07, 6.45) is 0.648. The van der Waals surface area contributed by atoms with E-state index in [1.54, 1.807) is 23.1 Å². The Kier molecular flexibility index (Phi) is 5.00. The summed E-state index contributed by atoms with van der Waals surface area (Å²) in [6, 6.07) is 3.57. The van der Waals surface area contributed by atoms with Crippen molar-refractivity contribution in [3.8, 4) is 0 Å². The molecular formula is C9H13NO2S2. The van der Waals surface area contributed by atoms with Gasteiger partial charge in [0, 0.05) is 5.75 Å². The van der Waals surface area contributed by atoms with E-state index in [9.17, 15) is 4.79 Å². The first-order valence-electron chi connectivity index (χ1n) is 4.23. The molecule has 0 aromatic carbocycles. The maximum absolute atomic E-state index is 11.0. The average Bonchev–Trinajstić information content (AvgIpc) is 2.69. The number of rotatable bonds is 5. The number of ether oxygens (including phenoxy) is 1. The van der Waals surface area contributed by atoms with Gasteiger partial charge >= 0.3 is 5.97 Å². The van der Waals surface area contributed by atoms with Crippen LogP contribution in [-0.2, 0) is 9.53 Å². The predicted octanol–water partition coefficient (Wildman–Crippen LogP) is 1.73. The van der Waals surface area contributed by atoms with E-state index in [1.807, 2.05) is 11.4 Å². The summed E-state index contributed by atoms with van der Waals surface area (Å²) in [6.45, 7) is 0. The lowest BCUT2D eigenvalue weighted by Crippen LogP contribution is -2.31. The van der Waals surface area contributed by atoms with Gasteiger partial charge in [-0.15, -0.1) is 23.1 Å². The number of thioether (sulfide) groups is 1. The fourth-order valence-electron chi connectivity index (χ4n) is 0.901. The lowest BCUT2D eigenvalue weighted by molar-refractivity contribution is -0.142. The predicted molar refractivity (Wildman–Crippen MR) is 59.7 cm³/mol. The number of carbonyl (C=O) groups is 1. The van der Waals surface area contributed by atoms with Crippen LogP contribution < -0.4 is 5.73 Å². The fourth-order valence-corrected chi connectivity index (χ4v) is 2.79. The Morgan fingerprint density at radius 2 is 2.57 bits per heavy atom. The number of carbonyl (C=O) groups excluding carboxylic acids is 1. The van der Waals surface area contributed by atoms with E-state index in [1.165, 1.54) is 11.3 Å². The summed E-state index contributed by atoms with van der Waals surface area (Å²) >= 11 is 3.41. The van der Waals surface area contributed by atoms with Gasteiger partial charge in [-0.05, 0) is 17.9 Å². The molecule has 14 heavy (non-hydrogen) atoms. The molecule has 78 valence electrons. The van der Waals surface area contributed by atoms with Crippen molar-refractivity contribution in [1.29, 1.82) is 0 Å². The van der Waals surface area contributed by atoms with E-state index < -0.39 is 6.04 Å². The molecule has 0 radical (unpaired) electrons. The number of esters is 1. The monoisotopic (exact) mass is 231 g/mol. The Labute approximate surface area is 91.6 Å². The summed E-state index contributed by atoms with van der Waals surface area (Å²) in [5.41, 5.74) is 5.58. The van der Waals surface area contributed by atoms with Gasteiger partial charge in [-0.3, -0.25) is 4.79 Å². The van der Waals surface area contributed by atoms with Crippen molar-refractivity contribution in [3.05, 3.63) is 17.5 Å². The molecule has 0 saturated heterocycles. The third-order valence-electron chi connectivity index (χ3n) is 1.67. The first kappa shape index (κ1) is 11.6. The molecule has 0 saturated carbocycles. The molecular weight excluding hydrogens is 218 g/mol. The average molecular weight is 231 g/mol. The van der Waals surface area contributed by atoms with E-state index >= 15 is 0 Å². The number of thiophene rings is 1. The van der Waals surface area contributed by atoms with Crippen molar-refractivity contribution < 1.29 is 9.53 Å². The minimum Gasteiger partial charge on any atom is -0.468 e. The van der Waals surface area contributed by atoms with Crippen LogP contribution >= 0.6 is 23.1 Å². The molecule has 0 aliphatic heterocycles. The van der Waals surface area contributed by atoms with Gasteiger partial charge in [-0.25, -0.2) is 0 Å². The lowest BCUT2D eigenvalue weighted by Gasteiger charge is -2.07. The zero-order valence-electron chi connectivity index (χ0n) is 7.93. The summed E-state index contributed by atoms with van der Waals surface area (Å²) in [5.74, 6) is 0.508. The van der Waals surface area contributed by atoms with Gasteiger partial charge < -0.3 is 10.5 Å². The van der Waals surface area contributed by atoms with E-state index in [4.69, 9.17) is 5.73 Å². The standard InChI is InChI=1S/C9H13NO2S2/c1-12-9(11)7(10)4-6-14-8-3-2-5-13-8/h2-3,5,7H,4,6,10H2,1H3. The Balaban J connectivity index is 2.18. The molecule has 3 nitrogen and oxygen atoms in total. The van der Waals surface area contributed by atoms with Crippen LogP contribution in [0, 0.1) is 0 Å². The topological polar surface area (TPSA) is 52.3 Å². The van der Waals surface area contributed by atoms with E-state index in [2.05, 4.69) is 10.8 Å². The summed E-state index contributed by atoms with van der Waals surface area (Å²) in [4.78, 5) is 11.0. The third-order valence-corrected chi connectivity index (χ3v) is 3.84. The quantitative estimate of drug-likeness (QED) is 0.619. The summed E-state index contributed by atoms with van der Waals surface area (Å²) in [7, 11) is 1.36. The Bertz CT molecular complexity index is 274. The van der Waals surface area contributed by atoms with Crippen LogP contribution in [0.1, 0.15) is 6.42 Å². The van der Waals surface area contributed by atoms with E-state index in [-0.39, 0.29) is 5.97 Å². The smallest absolute Gasteiger partial charge is 0.322 e. The number of nitrogens with two attached hydrogens (primary N) is 1. The van der Waals surface area contributed by atoms with Gasteiger partial charge in [0.15, 0.2) is 0 Å². The van der Waals surface area contributed by atoms with Gasteiger partial charge in [-0.1, -0.05) is 6.07 Å². The Hall–Kier alpha value is -0.520. The van der Waals surface area contributed by atoms with Gasteiger partial charge in [0.1, 0.15) is 6.04 Å². The van der Waals surface area contributed by atoms with Crippen LogP contribution in [0.25, 0.3) is 0 Å². The second-order valence-corrected chi connectivity index (χ2v) is 5.04. The SMILES string of the molecule is COC(=O)C(N)CCSc1cccs1. The maximum atomic E-state index is 11.0. The van der Waals surface area contributed by atoms with Crippen LogP contribution in [0.4, 0.5) is 0 Å². The van der Waals surface area contributed by atoms with Gasteiger partial charge in [-0.2, -0.15) is 0 Å².